The van der Waals surface area contributed by atoms with Crippen LogP contribution in [0.15, 0.2) is 60.7 Å². The maximum absolute atomic E-state index is 14.0. The average molecular weight is 488 g/mol. The Labute approximate surface area is 211 Å². The van der Waals surface area contributed by atoms with Crippen LogP contribution >= 0.6 is 12.2 Å². The van der Waals surface area contributed by atoms with Crippen LogP contribution in [0.1, 0.15) is 35.2 Å². The van der Waals surface area contributed by atoms with Gasteiger partial charge in [0.2, 0.25) is 5.91 Å². The van der Waals surface area contributed by atoms with Crippen LogP contribution in [0.4, 0.5) is 11.4 Å². The summed E-state index contributed by atoms with van der Waals surface area (Å²) in [5, 5.41) is 7.12. The van der Waals surface area contributed by atoms with Crippen molar-refractivity contribution in [3.8, 4) is 11.5 Å². The summed E-state index contributed by atoms with van der Waals surface area (Å²) >= 11 is 5.85. The maximum Gasteiger partial charge on any atom is 0.236 e. The zero-order valence-corrected chi connectivity index (χ0v) is 21.3. The summed E-state index contributed by atoms with van der Waals surface area (Å²) in [6, 6.07) is 19.3. The highest BCUT2D eigenvalue weighted by atomic mass is 32.1. The van der Waals surface area contributed by atoms with E-state index in [1.807, 2.05) is 87.2 Å². The number of thiocarbonyl (C=S) groups is 1. The number of carbonyl (C=O) groups excluding carboxylic acids is 1. The number of benzene rings is 3. The fourth-order valence-electron chi connectivity index (χ4n) is 5.21. The molecule has 0 aromatic heterocycles. The molecule has 0 spiro atoms. The Morgan fingerprint density at radius 3 is 2.57 bits per heavy atom. The number of anilines is 2. The molecule has 35 heavy (non-hydrogen) atoms. The van der Waals surface area contributed by atoms with E-state index in [-0.39, 0.29) is 5.91 Å². The first kappa shape index (κ1) is 23.2. The second-order valence-electron chi connectivity index (χ2n) is 9.45. The Morgan fingerprint density at radius 1 is 1.09 bits per heavy atom. The molecule has 3 aromatic carbocycles. The van der Waals surface area contributed by atoms with E-state index in [0.717, 1.165) is 33.6 Å². The largest absolute Gasteiger partial charge is 0.497 e. The van der Waals surface area contributed by atoms with Crippen molar-refractivity contribution in [3.05, 3.63) is 82.9 Å². The molecule has 1 saturated heterocycles. The summed E-state index contributed by atoms with van der Waals surface area (Å²) in [4.78, 5) is 15.9. The molecule has 2 N–H and O–H groups in total. The smallest absolute Gasteiger partial charge is 0.236 e. The lowest BCUT2D eigenvalue weighted by Gasteiger charge is -2.56. The molecule has 7 heteroatoms. The molecule has 1 amide bonds. The molecule has 180 valence electrons. The first-order valence-electron chi connectivity index (χ1n) is 11.6. The third kappa shape index (κ3) is 3.90. The highest BCUT2D eigenvalue weighted by Gasteiger charge is 2.59. The Kier molecular flexibility index (Phi) is 5.68. The second kappa shape index (κ2) is 8.57. The highest BCUT2D eigenvalue weighted by Crippen LogP contribution is 2.50. The lowest BCUT2D eigenvalue weighted by Crippen LogP contribution is -2.72. The van der Waals surface area contributed by atoms with Crippen LogP contribution in [0.5, 0.6) is 11.5 Å². The summed E-state index contributed by atoms with van der Waals surface area (Å²) in [5.74, 6) is 0.625. The Hall–Kier alpha value is -3.58. The van der Waals surface area contributed by atoms with Gasteiger partial charge in [-0.3, -0.25) is 9.69 Å². The number of carbonyl (C=O) groups is 1. The minimum Gasteiger partial charge on any atom is -0.497 e. The first-order valence-corrected chi connectivity index (χ1v) is 12.0. The molecule has 3 unspecified atom stereocenters. The molecule has 3 atom stereocenters. The van der Waals surface area contributed by atoms with Gasteiger partial charge in [-0.1, -0.05) is 29.8 Å². The summed E-state index contributed by atoms with van der Waals surface area (Å²) in [5.41, 5.74) is 4.66. The van der Waals surface area contributed by atoms with Crippen molar-refractivity contribution in [3.63, 3.8) is 0 Å². The standard InChI is InChI=1S/C28H29N3O3S/c1-16-7-6-8-19(14-16)31-27(35)30-25-21-15-20(33-5)10-12-23(21)34-28(31,4)24(25)26(32)29-22-11-9-17(2)13-18(22)3/h6-15,24-25H,1-5H3,(H,29,32)(H,30,35). The molecule has 6 nitrogen and oxygen atoms in total. The van der Waals surface area contributed by atoms with Crippen LogP contribution in [0.2, 0.25) is 0 Å². The molecular weight excluding hydrogens is 458 g/mol. The van der Waals surface area contributed by atoms with Gasteiger partial charge < -0.3 is 20.1 Å². The van der Waals surface area contributed by atoms with E-state index in [1.54, 1.807) is 7.11 Å². The molecule has 1 fully saturated rings. The number of hydrogen-bond acceptors (Lipinski definition) is 4. The van der Waals surface area contributed by atoms with Gasteiger partial charge in [0.1, 0.15) is 17.4 Å². The Bertz CT molecular complexity index is 1340. The third-order valence-corrected chi connectivity index (χ3v) is 7.19. The number of nitrogens with zero attached hydrogens (tertiary/aromatic N) is 1. The fraction of sp³-hybridized carbons (Fsp3) is 0.286. The summed E-state index contributed by atoms with van der Waals surface area (Å²) in [6.45, 7) is 8.00. The number of aryl methyl sites for hydroxylation is 3. The van der Waals surface area contributed by atoms with E-state index in [0.29, 0.717) is 16.6 Å². The Balaban J connectivity index is 1.64. The van der Waals surface area contributed by atoms with E-state index >= 15 is 0 Å². The van der Waals surface area contributed by atoms with Crippen LogP contribution in [-0.2, 0) is 4.79 Å². The van der Waals surface area contributed by atoms with Gasteiger partial charge in [-0.15, -0.1) is 0 Å². The third-order valence-electron chi connectivity index (χ3n) is 6.89. The summed E-state index contributed by atoms with van der Waals surface area (Å²) in [6.07, 6.45) is 0. The molecule has 0 aliphatic carbocycles. The van der Waals surface area contributed by atoms with Crippen molar-refractivity contribution in [2.45, 2.75) is 39.5 Å². The van der Waals surface area contributed by atoms with Crippen molar-refractivity contribution in [2.75, 3.05) is 17.3 Å². The summed E-state index contributed by atoms with van der Waals surface area (Å²) in [7, 11) is 1.62. The van der Waals surface area contributed by atoms with Gasteiger partial charge in [-0.05, 0) is 87.4 Å². The second-order valence-corrected chi connectivity index (χ2v) is 9.83. The van der Waals surface area contributed by atoms with Crippen molar-refractivity contribution < 1.29 is 14.3 Å². The zero-order chi connectivity index (χ0) is 24.9. The number of fused-ring (bicyclic) bond motifs is 4. The predicted molar refractivity (Wildman–Crippen MR) is 142 cm³/mol. The van der Waals surface area contributed by atoms with Crippen molar-refractivity contribution in [1.82, 2.24) is 5.32 Å². The molecule has 2 aliphatic rings. The molecule has 3 aromatic rings. The van der Waals surface area contributed by atoms with Crippen molar-refractivity contribution in [2.24, 2.45) is 5.92 Å². The first-order chi connectivity index (χ1) is 16.7. The van der Waals surface area contributed by atoms with Gasteiger partial charge in [0.25, 0.3) is 0 Å². The number of nitrogens with one attached hydrogen (secondary N) is 2. The minimum absolute atomic E-state index is 0.148. The van der Waals surface area contributed by atoms with Crippen LogP contribution < -0.4 is 25.0 Å². The van der Waals surface area contributed by atoms with E-state index in [2.05, 4.69) is 16.7 Å². The number of ether oxygens (including phenoxy) is 2. The lowest BCUT2D eigenvalue weighted by atomic mass is 9.78. The monoisotopic (exact) mass is 487 g/mol. The fourth-order valence-corrected chi connectivity index (χ4v) is 5.62. The van der Waals surface area contributed by atoms with E-state index in [4.69, 9.17) is 21.7 Å². The minimum atomic E-state index is -1.06. The van der Waals surface area contributed by atoms with Gasteiger partial charge >= 0.3 is 0 Å². The normalized spacial score (nSPS) is 22.5. The van der Waals surface area contributed by atoms with Gasteiger partial charge in [0.15, 0.2) is 10.8 Å². The molecule has 2 bridgehead atoms. The van der Waals surface area contributed by atoms with Crippen molar-refractivity contribution in [1.29, 1.82) is 0 Å². The number of hydrogen-bond donors (Lipinski definition) is 2. The molecular formula is C28H29N3O3S. The molecule has 2 aliphatic heterocycles. The van der Waals surface area contributed by atoms with Crippen molar-refractivity contribution >= 4 is 34.6 Å². The van der Waals surface area contributed by atoms with E-state index < -0.39 is 17.7 Å². The molecule has 0 saturated carbocycles. The Morgan fingerprint density at radius 2 is 1.86 bits per heavy atom. The van der Waals surface area contributed by atoms with Gasteiger partial charge in [0, 0.05) is 16.9 Å². The number of rotatable bonds is 4. The van der Waals surface area contributed by atoms with Crippen LogP contribution in [0.25, 0.3) is 0 Å². The molecule has 0 radical (unpaired) electrons. The predicted octanol–water partition coefficient (Wildman–Crippen LogP) is 5.42. The van der Waals surface area contributed by atoms with Crippen LogP contribution in [-0.4, -0.2) is 23.9 Å². The average Bonchev–Trinajstić information content (AvgIpc) is 2.80. The highest BCUT2D eigenvalue weighted by molar-refractivity contribution is 7.80. The van der Waals surface area contributed by atoms with Gasteiger partial charge in [-0.2, -0.15) is 0 Å². The van der Waals surface area contributed by atoms with Crippen LogP contribution in [0.3, 0.4) is 0 Å². The zero-order valence-electron chi connectivity index (χ0n) is 20.5. The number of amides is 1. The SMILES string of the molecule is COc1ccc2c(c1)C1NC(=S)N(c3cccc(C)c3)C(C)(O2)C1C(=O)Nc1ccc(C)cc1C. The van der Waals surface area contributed by atoms with E-state index in [9.17, 15) is 4.79 Å². The van der Waals surface area contributed by atoms with Gasteiger partial charge in [0.05, 0.1) is 13.2 Å². The van der Waals surface area contributed by atoms with Gasteiger partial charge in [-0.25, -0.2) is 0 Å². The lowest BCUT2D eigenvalue weighted by molar-refractivity contribution is -0.130. The van der Waals surface area contributed by atoms with Crippen LogP contribution in [0, 0.1) is 26.7 Å². The summed E-state index contributed by atoms with van der Waals surface area (Å²) < 4.78 is 12.1. The topological polar surface area (TPSA) is 62.8 Å². The maximum atomic E-state index is 14.0. The molecule has 5 rings (SSSR count). The quantitative estimate of drug-likeness (QED) is 0.479. The van der Waals surface area contributed by atoms with E-state index in [1.165, 1.54) is 0 Å². The molecule has 2 heterocycles. The number of methoxy groups -OCH3 is 1.